The third-order valence-electron chi connectivity index (χ3n) is 7.94. The van der Waals surface area contributed by atoms with E-state index in [0.717, 1.165) is 19.3 Å². The van der Waals surface area contributed by atoms with Gasteiger partial charge in [0.1, 0.15) is 0 Å². The van der Waals surface area contributed by atoms with Crippen LogP contribution in [0.5, 0.6) is 0 Å². The van der Waals surface area contributed by atoms with Crippen LogP contribution >= 0.6 is 0 Å². The molecular weight excluding hydrogens is 319 g/mol. The lowest BCUT2D eigenvalue weighted by molar-refractivity contribution is -0.273. The van der Waals surface area contributed by atoms with Gasteiger partial charge in [0.05, 0.1) is 0 Å². The van der Waals surface area contributed by atoms with Crippen LogP contribution < -0.4 is 0 Å². The van der Waals surface area contributed by atoms with E-state index >= 15 is 0 Å². The molecule has 0 radical (unpaired) electrons. The summed E-state index contributed by atoms with van der Waals surface area (Å²) < 4.78 is 20.1. The van der Waals surface area contributed by atoms with Crippen LogP contribution in [-0.4, -0.2) is 23.0 Å². The Hall–Kier alpha value is -1.16. The molecule has 4 aliphatic carbocycles. The summed E-state index contributed by atoms with van der Waals surface area (Å²) in [7, 11) is 0. The van der Waals surface area contributed by atoms with Gasteiger partial charge in [0.15, 0.2) is 6.17 Å². The van der Waals surface area contributed by atoms with E-state index in [-0.39, 0.29) is 17.8 Å². The number of esters is 1. The highest BCUT2D eigenvalue weighted by Gasteiger charge is 2.69. The standard InChI is InChI=1S/C21H29FO3/c1-13(23)25-21(24)18(22)12-17-15-8-7-14-6-4-5-10-19(14,2)16(15)9-11-20(17,21)3/h5,8,10,14,16-18,24H,4,6-7,9,11-12H2,1-3H3/t14?,16-,17+,18?,19+,20+,21?/m1/s1. The normalized spacial score (nSPS) is 51.2. The fourth-order valence-corrected chi connectivity index (χ4v) is 6.43. The van der Waals surface area contributed by atoms with Crippen LogP contribution in [0.25, 0.3) is 0 Å². The van der Waals surface area contributed by atoms with E-state index < -0.39 is 23.3 Å². The van der Waals surface area contributed by atoms with Crippen LogP contribution in [0.2, 0.25) is 0 Å². The van der Waals surface area contributed by atoms with E-state index in [4.69, 9.17) is 4.74 Å². The Kier molecular flexibility index (Phi) is 3.74. The van der Waals surface area contributed by atoms with Crippen LogP contribution in [0, 0.1) is 28.6 Å². The van der Waals surface area contributed by atoms with Crippen molar-refractivity contribution in [2.24, 2.45) is 28.6 Å². The average molecular weight is 348 g/mol. The minimum absolute atomic E-state index is 0.0568. The minimum atomic E-state index is -2.00. The molecule has 3 nitrogen and oxygen atoms in total. The zero-order valence-corrected chi connectivity index (χ0v) is 15.4. The lowest BCUT2D eigenvalue weighted by Gasteiger charge is -2.55. The fourth-order valence-electron chi connectivity index (χ4n) is 6.43. The molecule has 3 unspecified atom stereocenters. The fraction of sp³-hybridized carbons (Fsp3) is 0.762. The molecule has 4 heteroatoms. The maximum absolute atomic E-state index is 14.9. The summed E-state index contributed by atoms with van der Waals surface area (Å²) in [5.74, 6) is -1.61. The zero-order chi connectivity index (χ0) is 18.0. The Morgan fingerprint density at radius 3 is 2.80 bits per heavy atom. The van der Waals surface area contributed by atoms with Gasteiger partial charge in [-0.15, -0.1) is 0 Å². The molecule has 1 N–H and O–H groups in total. The molecule has 4 aliphatic rings. The van der Waals surface area contributed by atoms with Crippen molar-refractivity contribution < 1.29 is 19.0 Å². The molecule has 0 bridgehead atoms. The van der Waals surface area contributed by atoms with Crippen LogP contribution in [0.1, 0.15) is 59.3 Å². The Morgan fingerprint density at radius 1 is 1.32 bits per heavy atom. The first kappa shape index (κ1) is 17.3. The van der Waals surface area contributed by atoms with Gasteiger partial charge in [0.25, 0.3) is 0 Å². The number of carbonyl (C=O) groups excluding carboxylic acids is 1. The Labute approximate surface area is 149 Å². The molecular formula is C21H29FO3. The van der Waals surface area contributed by atoms with Crippen LogP contribution in [0.15, 0.2) is 23.8 Å². The lowest BCUT2D eigenvalue weighted by Crippen LogP contribution is -2.56. The van der Waals surface area contributed by atoms with Crippen molar-refractivity contribution in [3.8, 4) is 0 Å². The number of rotatable bonds is 1. The molecule has 0 aliphatic heterocycles. The van der Waals surface area contributed by atoms with E-state index in [0.29, 0.717) is 18.3 Å². The lowest BCUT2D eigenvalue weighted by atomic mass is 9.50. The average Bonchev–Trinajstić information content (AvgIpc) is 2.74. The Morgan fingerprint density at radius 2 is 2.08 bits per heavy atom. The molecule has 0 aromatic heterocycles. The first-order chi connectivity index (χ1) is 11.7. The second-order valence-electron chi connectivity index (χ2n) is 9.04. The molecule has 0 heterocycles. The number of hydrogen-bond donors (Lipinski definition) is 1. The summed E-state index contributed by atoms with van der Waals surface area (Å²) in [5, 5.41) is 11.0. The number of hydrogen-bond acceptors (Lipinski definition) is 3. The summed E-state index contributed by atoms with van der Waals surface area (Å²) in [5.41, 5.74) is 0.685. The number of aliphatic hydroxyl groups is 1. The zero-order valence-electron chi connectivity index (χ0n) is 15.4. The van der Waals surface area contributed by atoms with Crippen molar-refractivity contribution in [2.45, 2.75) is 71.3 Å². The van der Waals surface area contributed by atoms with Gasteiger partial charge in [-0.25, -0.2) is 4.39 Å². The van der Waals surface area contributed by atoms with Gasteiger partial charge >= 0.3 is 5.97 Å². The first-order valence-electron chi connectivity index (χ1n) is 9.66. The van der Waals surface area contributed by atoms with E-state index in [1.54, 1.807) is 0 Å². The molecule has 4 rings (SSSR count). The molecule has 0 saturated heterocycles. The number of allylic oxidation sites excluding steroid dienone is 4. The van der Waals surface area contributed by atoms with Gasteiger partial charge in [-0.05, 0) is 61.7 Å². The highest BCUT2D eigenvalue weighted by molar-refractivity contribution is 5.66. The SMILES string of the molecule is CC(=O)OC1(O)C(F)C[C@H]2C3=CCC4CCC=C[C@]4(C)[C@@H]3CC[C@@]21C. The molecule has 0 aromatic rings. The quantitative estimate of drug-likeness (QED) is 0.436. The van der Waals surface area contributed by atoms with Gasteiger partial charge < -0.3 is 9.84 Å². The van der Waals surface area contributed by atoms with Gasteiger partial charge in [0.2, 0.25) is 5.79 Å². The second kappa shape index (κ2) is 5.42. The monoisotopic (exact) mass is 348 g/mol. The highest BCUT2D eigenvalue weighted by atomic mass is 19.1. The number of alkyl halides is 1. The number of halogens is 1. The maximum atomic E-state index is 14.9. The predicted octanol–water partition coefficient (Wildman–Crippen LogP) is 4.32. The van der Waals surface area contributed by atoms with E-state index in [2.05, 4.69) is 25.2 Å². The summed E-state index contributed by atoms with van der Waals surface area (Å²) >= 11 is 0. The maximum Gasteiger partial charge on any atom is 0.305 e. The van der Waals surface area contributed by atoms with Gasteiger partial charge in [0, 0.05) is 12.3 Å². The summed E-state index contributed by atoms with van der Waals surface area (Å²) in [6.07, 6.45) is 10.7. The van der Waals surface area contributed by atoms with Crippen LogP contribution in [-0.2, 0) is 9.53 Å². The van der Waals surface area contributed by atoms with Crippen molar-refractivity contribution in [3.63, 3.8) is 0 Å². The molecule has 2 fully saturated rings. The first-order valence-corrected chi connectivity index (χ1v) is 9.66. The van der Waals surface area contributed by atoms with Gasteiger partial charge in [-0.3, -0.25) is 4.79 Å². The van der Waals surface area contributed by atoms with Crippen molar-refractivity contribution >= 4 is 5.97 Å². The number of fused-ring (bicyclic) bond motifs is 5. The predicted molar refractivity (Wildman–Crippen MR) is 93.2 cm³/mol. The minimum Gasteiger partial charge on any atom is -0.430 e. The van der Waals surface area contributed by atoms with Gasteiger partial charge in [-0.1, -0.05) is 37.6 Å². The van der Waals surface area contributed by atoms with E-state index in [1.807, 2.05) is 6.92 Å². The largest absolute Gasteiger partial charge is 0.430 e. The molecule has 25 heavy (non-hydrogen) atoms. The van der Waals surface area contributed by atoms with Crippen molar-refractivity contribution in [1.82, 2.24) is 0 Å². The van der Waals surface area contributed by atoms with Gasteiger partial charge in [-0.2, -0.15) is 0 Å². The van der Waals surface area contributed by atoms with Crippen LogP contribution in [0.4, 0.5) is 4.39 Å². The summed E-state index contributed by atoms with van der Waals surface area (Å²) in [6, 6.07) is 0. The Balaban J connectivity index is 1.73. The van der Waals surface area contributed by atoms with E-state index in [1.165, 1.54) is 18.9 Å². The summed E-state index contributed by atoms with van der Waals surface area (Å²) in [4.78, 5) is 11.5. The molecule has 0 amide bonds. The third-order valence-corrected chi connectivity index (χ3v) is 7.94. The van der Waals surface area contributed by atoms with Crippen molar-refractivity contribution in [3.05, 3.63) is 23.8 Å². The topological polar surface area (TPSA) is 46.5 Å². The summed E-state index contributed by atoms with van der Waals surface area (Å²) in [6.45, 7) is 5.50. The Bertz CT molecular complexity index is 656. The van der Waals surface area contributed by atoms with E-state index in [9.17, 15) is 14.3 Å². The van der Waals surface area contributed by atoms with Crippen LogP contribution in [0.3, 0.4) is 0 Å². The third kappa shape index (κ3) is 2.16. The highest BCUT2D eigenvalue weighted by Crippen LogP contribution is 2.66. The smallest absolute Gasteiger partial charge is 0.305 e. The molecule has 0 aromatic carbocycles. The second-order valence-corrected chi connectivity index (χ2v) is 9.04. The molecule has 0 spiro atoms. The molecule has 138 valence electrons. The van der Waals surface area contributed by atoms with Crippen molar-refractivity contribution in [2.75, 3.05) is 0 Å². The molecule has 2 saturated carbocycles. The number of ether oxygens (including phenoxy) is 1. The van der Waals surface area contributed by atoms with Crippen molar-refractivity contribution in [1.29, 1.82) is 0 Å². The molecule has 7 atom stereocenters. The number of carbonyl (C=O) groups is 1.